The summed E-state index contributed by atoms with van der Waals surface area (Å²) in [5.74, 6) is -1.23. The van der Waals surface area contributed by atoms with E-state index in [2.05, 4.69) is 191 Å². The second-order valence-electron chi connectivity index (χ2n) is 20.9. The minimum absolute atomic E-state index is 0.0695. The van der Waals surface area contributed by atoms with Gasteiger partial charge in [-0.25, -0.2) is 0 Å². The monoisotopic (exact) mass is 1140 g/mol. The van der Waals surface area contributed by atoms with Gasteiger partial charge in [-0.15, -0.1) is 0 Å². The molecule has 0 aromatic carbocycles. The number of hydrogen-bond donors (Lipinski definition) is 0. The molecule has 0 rings (SSSR count). The van der Waals surface area contributed by atoms with Crippen LogP contribution in [0.4, 0.5) is 0 Å². The topological polar surface area (TPSA) is 78.9 Å². The van der Waals surface area contributed by atoms with Gasteiger partial charge in [-0.2, -0.15) is 0 Å². The van der Waals surface area contributed by atoms with Crippen LogP contribution >= 0.6 is 0 Å². The number of carbonyl (C=O) groups is 3. The van der Waals surface area contributed by atoms with E-state index in [9.17, 15) is 14.4 Å². The number of allylic oxidation sites excluding steroid dienone is 30. The minimum Gasteiger partial charge on any atom is -0.462 e. The zero-order chi connectivity index (χ0) is 59.9. The van der Waals surface area contributed by atoms with E-state index in [-0.39, 0.29) is 32.0 Å². The summed E-state index contributed by atoms with van der Waals surface area (Å²) in [6.07, 6.45) is 105. The van der Waals surface area contributed by atoms with Gasteiger partial charge in [0.15, 0.2) is 6.10 Å². The van der Waals surface area contributed by atoms with E-state index in [1.807, 2.05) is 12.2 Å². The average molecular weight is 1140 g/mol. The first-order valence-corrected chi connectivity index (χ1v) is 32.9. The normalized spacial score (nSPS) is 13.4. The van der Waals surface area contributed by atoms with Gasteiger partial charge in [-0.3, -0.25) is 14.4 Å². The molecule has 0 amide bonds. The van der Waals surface area contributed by atoms with Gasteiger partial charge in [0.05, 0.1) is 12.8 Å². The summed E-state index contributed by atoms with van der Waals surface area (Å²) in [5, 5.41) is 0. The van der Waals surface area contributed by atoms with Gasteiger partial charge in [0, 0.05) is 6.42 Å². The lowest BCUT2D eigenvalue weighted by Gasteiger charge is -2.17. The van der Waals surface area contributed by atoms with E-state index in [1.54, 1.807) is 12.2 Å². The van der Waals surface area contributed by atoms with Crippen molar-refractivity contribution in [1.29, 1.82) is 0 Å². The average Bonchev–Trinajstić information content (AvgIpc) is 3.49. The van der Waals surface area contributed by atoms with E-state index in [0.717, 1.165) is 109 Å². The van der Waals surface area contributed by atoms with Gasteiger partial charge < -0.3 is 14.2 Å². The van der Waals surface area contributed by atoms with E-state index in [0.29, 0.717) is 19.3 Å². The zero-order valence-corrected chi connectivity index (χ0v) is 52.9. The van der Waals surface area contributed by atoms with Gasteiger partial charge in [-0.05, 0) is 122 Å². The number of rotatable bonds is 57. The van der Waals surface area contributed by atoms with Crippen molar-refractivity contribution in [2.24, 2.45) is 0 Å². The highest BCUT2D eigenvalue weighted by Crippen LogP contribution is 2.15. The molecule has 0 aromatic rings. The van der Waals surface area contributed by atoms with Gasteiger partial charge in [0.1, 0.15) is 13.2 Å². The van der Waals surface area contributed by atoms with Crippen LogP contribution in [0.5, 0.6) is 0 Å². The molecule has 0 aliphatic rings. The Labute approximate surface area is 509 Å². The lowest BCUT2D eigenvalue weighted by atomic mass is 10.0. The second kappa shape index (κ2) is 68.7. The molecule has 0 radical (unpaired) electrons. The Balaban J connectivity index is 4.32. The van der Waals surface area contributed by atoms with Crippen molar-refractivity contribution >= 4 is 17.9 Å². The fourth-order valence-corrected chi connectivity index (χ4v) is 8.36. The summed E-state index contributed by atoms with van der Waals surface area (Å²) in [6, 6.07) is 0. The van der Waals surface area contributed by atoms with Crippen LogP contribution in [0.1, 0.15) is 252 Å². The first-order chi connectivity index (χ1) is 41.0. The second-order valence-corrected chi connectivity index (χ2v) is 20.9. The zero-order valence-electron chi connectivity index (χ0n) is 52.9. The smallest absolute Gasteiger partial charge is 0.310 e. The predicted molar refractivity (Wildman–Crippen MR) is 361 cm³/mol. The largest absolute Gasteiger partial charge is 0.462 e. The van der Waals surface area contributed by atoms with Crippen molar-refractivity contribution in [3.8, 4) is 0 Å². The molecule has 6 heteroatoms. The standard InChI is InChI=1S/C77H118O6/c1-4-7-10-13-16-19-22-25-28-29-30-31-32-33-34-35-36-37-38-39-40-41-42-43-44-45-46-47-50-52-55-58-61-64-67-70-76(79)82-73-74(83-77(80)71-68-65-62-59-56-53-49-27-24-21-18-15-12-9-6-3)72-81-75(78)69-66-63-60-57-54-51-48-26-23-20-17-14-11-8-5-2/h7-12,16-21,25-28,30-31,33-34,36-37,48-49,54,56-57,59,63,65-66,68,74H,4-6,13-15,22-24,29,32,35,38-47,50-53,55,58,60-62,64,67,69-73H2,1-3H3/b10-7-,11-8-,12-9-,19-16-,20-17-,21-18-,28-25-,31-30-,34-33-,37-36-,48-26-,49-27-,57-54-,59-56-,66-63-,68-65-. The molecule has 6 nitrogen and oxygen atoms in total. The van der Waals surface area contributed by atoms with Gasteiger partial charge in [0.25, 0.3) is 0 Å². The number of unbranched alkanes of at least 4 members (excludes halogenated alkanes) is 16. The third-order valence-corrected chi connectivity index (χ3v) is 13.1. The van der Waals surface area contributed by atoms with Crippen molar-refractivity contribution in [1.82, 2.24) is 0 Å². The highest BCUT2D eigenvalue weighted by molar-refractivity contribution is 5.72. The van der Waals surface area contributed by atoms with Crippen LogP contribution in [-0.2, 0) is 28.6 Å². The Morgan fingerprint density at radius 3 is 0.783 bits per heavy atom. The maximum Gasteiger partial charge on any atom is 0.310 e. The molecule has 0 aliphatic heterocycles. The van der Waals surface area contributed by atoms with Crippen molar-refractivity contribution in [3.05, 3.63) is 194 Å². The van der Waals surface area contributed by atoms with Crippen LogP contribution in [0.25, 0.3) is 0 Å². The van der Waals surface area contributed by atoms with Gasteiger partial charge in [0.2, 0.25) is 0 Å². The molecule has 0 saturated carbocycles. The lowest BCUT2D eigenvalue weighted by molar-refractivity contribution is -0.166. The summed E-state index contributed by atoms with van der Waals surface area (Å²) >= 11 is 0. The SMILES string of the molecule is CC/C=C\C/C=C\C/C=C\C/C=C\C/C=C\C/C=C\CCCCCCCCCCCCCCCCCCC(=O)OCC(COC(=O)C/C=C\C/C=C\C/C=C\C/C=C\C/C=C\CC)OC(=O)C/C=C\C/C=C\C/C=C\C/C=C\C/C=C\CC. The highest BCUT2D eigenvalue weighted by atomic mass is 16.6. The highest BCUT2D eigenvalue weighted by Gasteiger charge is 2.19. The molecule has 0 heterocycles. The molecule has 1 atom stereocenters. The molecule has 1 unspecified atom stereocenters. The molecular formula is C77H118O6. The van der Waals surface area contributed by atoms with Crippen LogP contribution in [-0.4, -0.2) is 37.2 Å². The summed E-state index contributed by atoms with van der Waals surface area (Å²) in [7, 11) is 0. The molecule has 0 fully saturated rings. The third-order valence-electron chi connectivity index (χ3n) is 13.1. The van der Waals surface area contributed by atoms with Crippen molar-refractivity contribution in [3.63, 3.8) is 0 Å². The first kappa shape index (κ1) is 77.2. The Morgan fingerprint density at radius 1 is 0.253 bits per heavy atom. The summed E-state index contributed by atoms with van der Waals surface area (Å²) in [5.41, 5.74) is 0. The van der Waals surface area contributed by atoms with Crippen LogP contribution in [0.15, 0.2) is 194 Å². The van der Waals surface area contributed by atoms with Crippen molar-refractivity contribution < 1.29 is 28.6 Å². The van der Waals surface area contributed by atoms with Crippen LogP contribution in [0, 0.1) is 0 Å². The Morgan fingerprint density at radius 2 is 0.482 bits per heavy atom. The quantitative estimate of drug-likeness (QED) is 0.0261. The van der Waals surface area contributed by atoms with Crippen LogP contribution < -0.4 is 0 Å². The van der Waals surface area contributed by atoms with E-state index >= 15 is 0 Å². The predicted octanol–water partition coefficient (Wildman–Crippen LogP) is 23.0. The Kier molecular flexibility index (Phi) is 64.0. The number of carbonyl (C=O) groups excluding carboxylic acids is 3. The summed E-state index contributed by atoms with van der Waals surface area (Å²) < 4.78 is 16.7. The molecule has 0 spiro atoms. The first-order valence-electron chi connectivity index (χ1n) is 32.9. The van der Waals surface area contributed by atoms with Crippen LogP contribution in [0.2, 0.25) is 0 Å². The van der Waals surface area contributed by atoms with Crippen molar-refractivity contribution in [2.75, 3.05) is 13.2 Å². The van der Waals surface area contributed by atoms with E-state index < -0.39 is 18.0 Å². The fourth-order valence-electron chi connectivity index (χ4n) is 8.36. The molecule has 0 N–H and O–H groups in total. The maximum absolute atomic E-state index is 12.8. The summed E-state index contributed by atoms with van der Waals surface area (Å²) in [6.45, 7) is 6.11. The Hall–Kier alpha value is -5.75. The molecule has 0 aliphatic carbocycles. The molecule has 0 bridgehead atoms. The number of hydrogen-bond acceptors (Lipinski definition) is 6. The van der Waals surface area contributed by atoms with E-state index in [4.69, 9.17) is 14.2 Å². The molecule has 462 valence electrons. The minimum atomic E-state index is -0.882. The van der Waals surface area contributed by atoms with Crippen molar-refractivity contribution in [2.45, 2.75) is 258 Å². The summed E-state index contributed by atoms with van der Waals surface area (Å²) in [4.78, 5) is 38.1. The Bertz CT molecular complexity index is 1990. The molecule has 0 aromatic heterocycles. The molecule has 0 saturated heterocycles. The lowest BCUT2D eigenvalue weighted by Crippen LogP contribution is -2.30. The fraction of sp³-hybridized carbons (Fsp3) is 0.545. The molecular weight excluding hydrogens is 1020 g/mol. The van der Waals surface area contributed by atoms with Gasteiger partial charge in [-0.1, -0.05) is 305 Å². The van der Waals surface area contributed by atoms with Crippen LogP contribution in [0.3, 0.4) is 0 Å². The maximum atomic E-state index is 12.8. The third kappa shape index (κ3) is 66.9. The number of ether oxygens (including phenoxy) is 3. The molecule has 83 heavy (non-hydrogen) atoms. The number of esters is 3. The van der Waals surface area contributed by atoms with E-state index in [1.165, 1.54) is 89.9 Å². The van der Waals surface area contributed by atoms with Gasteiger partial charge >= 0.3 is 17.9 Å².